The van der Waals surface area contributed by atoms with E-state index in [9.17, 15) is 14.4 Å². The number of carbonyl (C=O) groups is 2. The maximum absolute atomic E-state index is 13.0. The van der Waals surface area contributed by atoms with Crippen molar-refractivity contribution in [2.45, 2.75) is 13.8 Å². The highest BCUT2D eigenvalue weighted by Gasteiger charge is 2.19. The second-order valence-electron chi connectivity index (χ2n) is 6.81. The predicted molar refractivity (Wildman–Crippen MR) is 119 cm³/mol. The highest BCUT2D eigenvalue weighted by atomic mass is 32.1. The Kier molecular flexibility index (Phi) is 5.00. The van der Waals surface area contributed by atoms with E-state index >= 15 is 0 Å². The van der Waals surface area contributed by atoms with E-state index in [0.717, 1.165) is 22.5 Å². The van der Waals surface area contributed by atoms with Crippen molar-refractivity contribution in [3.05, 3.63) is 72.3 Å². The van der Waals surface area contributed by atoms with Crippen LogP contribution in [0.4, 0.5) is 5.69 Å². The molecule has 30 heavy (non-hydrogen) atoms. The van der Waals surface area contributed by atoms with Crippen LogP contribution < -0.4 is 10.9 Å². The summed E-state index contributed by atoms with van der Waals surface area (Å²) in [6, 6.07) is 10.2. The predicted octanol–water partition coefficient (Wildman–Crippen LogP) is 4.23. The van der Waals surface area contributed by atoms with E-state index in [1.807, 2.05) is 32.0 Å². The van der Waals surface area contributed by atoms with Crippen LogP contribution in [0.2, 0.25) is 0 Å². The first-order valence-corrected chi connectivity index (χ1v) is 10.2. The van der Waals surface area contributed by atoms with Crippen LogP contribution in [-0.2, 0) is 4.74 Å². The number of aromatic nitrogens is 2. The molecule has 2 aromatic carbocycles. The second-order valence-corrected chi connectivity index (χ2v) is 8.46. The number of methoxy groups -OCH3 is 1. The number of nitrogens with one attached hydrogen (secondary N) is 2. The first kappa shape index (κ1) is 20.0. The van der Waals surface area contributed by atoms with Crippen LogP contribution in [0.5, 0.6) is 0 Å². The molecule has 0 bridgehead atoms. The number of carbonyl (C=O) groups excluding carboxylic acids is 2. The molecular formula is C21H17N3O4S2. The third kappa shape index (κ3) is 3.31. The standard InChI is InChI=1S/C21H17N3O4S2/c1-10-4-6-13(8-11(10)2)22-19(26)16-17-23-18(25)14-7-5-12(20(27)28-3)9-15(14)24(17)21(29)30-16/h4-9H,1-3H3,(H,22,26)(H,23,25). The maximum atomic E-state index is 13.0. The van der Waals surface area contributed by atoms with Crippen LogP contribution in [0.25, 0.3) is 16.6 Å². The molecule has 0 unspecified atom stereocenters. The molecule has 0 saturated carbocycles. The van der Waals surface area contributed by atoms with Gasteiger partial charge in [-0.15, -0.1) is 0 Å². The van der Waals surface area contributed by atoms with E-state index < -0.39 is 5.97 Å². The number of esters is 1. The van der Waals surface area contributed by atoms with E-state index in [1.165, 1.54) is 25.3 Å². The normalized spacial score (nSPS) is 11.0. The fraction of sp³-hybridized carbons (Fsp3) is 0.143. The molecule has 152 valence electrons. The molecule has 4 rings (SSSR count). The van der Waals surface area contributed by atoms with Crippen LogP contribution in [0.3, 0.4) is 0 Å². The first-order valence-electron chi connectivity index (χ1n) is 8.98. The molecule has 0 aliphatic carbocycles. The van der Waals surface area contributed by atoms with Gasteiger partial charge in [-0.1, -0.05) is 17.4 Å². The summed E-state index contributed by atoms with van der Waals surface area (Å²) in [7, 11) is 1.28. The van der Waals surface area contributed by atoms with Gasteiger partial charge >= 0.3 is 5.97 Å². The number of amides is 1. The number of rotatable bonds is 3. The Balaban J connectivity index is 1.88. The van der Waals surface area contributed by atoms with Gasteiger partial charge in [0.05, 0.1) is 23.6 Å². The number of nitrogens with zero attached hydrogens (tertiary/aromatic N) is 1. The van der Waals surface area contributed by atoms with Crippen molar-refractivity contribution in [1.29, 1.82) is 0 Å². The van der Waals surface area contributed by atoms with Gasteiger partial charge in [0.2, 0.25) is 0 Å². The molecule has 0 spiro atoms. The van der Waals surface area contributed by atoms with Gasteiger partial charge in [0.25, 0.3) is 11.5 Å². The van der Waals surface area contributed by atoms with E-state index in [4.69, 9.17) is 17.0 Å². The molecule has 2 N–H and O–H groups in total. The van der Waals surface area contributed by atoms with E-state index in [2.05, 4.69) is 10.3 Å². The summed E-state index contributed by atoms with van der Waals surface area (Å²) >= 11 is 6.55. The zero-order chi connectivity index (χ0) is 21.6. The minimum Gasteiger partial charge on any atom is -0.465 e. The number of thiazole rings is 1. The van der Waals surface area contributed by atoms with Crippen molar-refractivity contribution < 1.29 is 14.3 Å². The van der Waals surface area contributed by atoms with Crippen LogP contribution in [0.15, 0.2) is 41.2 Å². The summed E-state index contributed by atoms with van der Waals surface area (Å²) in [5.41, 5.74) is 3.44. The van der Waals surface area contributed by atoms with Crippen LogP contribution in [0, 0.1) is 17.8 Å². The smallest absolute Gasteiger partial charge is 0.337 e. The average Bonchev–Trinajstić information content (AvgIpc) is 3.06. The van der Waals surface area contributed by atoms with Gasteiger partial charge in [-0.25, -0.2) is 4.79 Å². The van der Waals surface area contributed by atoms with E-state index in [1.54, 1.807) is 4.40 Å². The third-order valence-corrected chi connectivity index (χ3v) is 6.29. The molecule has 2 aromatic heterocycles. The Hall–Kier alpha value is -3.30. The number of H-pyrrole nitrogens is 1. The summed E-state index contributed by atoms with van der Waals surface area (Å²) in [6.45, 7) is 3.96. The van der Waals surface area contributed by atoms with Crippen molar-refractivity contribution in [1.82, 2.24) is 9.38 Å². The summed E-state index contributed by atoms with van der Waals surface area (Å²) in [6.07, 6.45) is 0. The van der Waals surface area contributed by atoms with Crippen LogP contribution in [0.1, 0.15) is 31.2 Å². The SMILES string of the molecule is COC(=O)c1ccc2c(=O)[nH]c3c(C(=O)Nc4ccc(C)c(C)c4)sc(=S)n3c2c1. The molecule has 2 heterocycles. The van der Waals surface area contributed by atoms with Gasteiger partial charge in [-0.2, -0.15) is 0 Å². The topological polar surface area (TPSA) is 92.7 Å². The highest BCUT2D eigenvalue weighted by molar-refractivity contribution is 7.73. The Morgan fingerprint density at radius 2 is 1.90 bits per heavy atom. The second kappa shape index (κ2) is 7.51. The quantitative estimate of drug-likeness (QED) is 0.368. The van der Waals surface area contributed by atoms with Gasteiger partial charge in [0.1, 0.15) is 10.5 Å². The van der Waals surface area contributed by atoms with Gasteiger partial charge in [0, 0.05) is 5.69 Å². The molecule has 0 fully saturated rings. The lowest BCUT2D eigenvalue weighted by molar-refractivity contribution is 0.0600. The Morgan fingerprint density at radius 3 is 2.60 bits per heavy atom. The molecule has 1 amide bonds. The van der Waals surface area contributed by atoms with Crippen LogP contribution >= 0.6 is 23.6 Å². The van der Waals surface area contributed by atoms with Gasteiger partial charge < -0.3 is 15.0 Å². The fourth-order valence-electron chi connectivity index (χ4n) is 3.19. The van der Waals surface area contributed by atoms with Gasteiger partial charge in [-0.3, -0.25) is 14.0 Å². The molecule has 0 saturated heterocycles. The zero-order valence-corrected chi connectivity index (χ0v) is 18.0. The lowest BCUT2D eigenvalue weighted by Gasteiger charge is -2.08. The lowest BCUT2D eigenvalue weighted by Crippen LogP contribution is -2.15. The Bertz CT molecular complexity index is 1460. The minimum atomic E-state index is -0.528. The number of aromatic amines is 1. The maximum Gasteiger partial charge on any atom is 0.337 e. The zero-order valence-electron chi connectivity index (χ0n) is 16.4. The molecule has 7 nitrogen and oxygen atoms in total. The number of ether oxygens (including phenoxy) is 1. The summed E-state index contributed by atoms with van der Waals surface area (Å²) in [4.78, 5) is 40.5. The number of hydrogen-bond acceptors (Lipinski definition) is 6. The third-order valence-electron chi connectivity index (χ3n) is 4.92. The summed E-state index contributed by atoms with van der Waals surface area (Å²) in [5.74, 6) is -0.907. The number of hydrogen-bond donors (Lipinski definition) is 2. The molecule has 0 atom stereocenters. The van der Waals surface area contributed by atoms with E-state index in [0.29, 0.717) is 20.5 Å². The van der Waals surface area contributed by atoms with Crippen molar-refractivity contribution in [3.63, 3.8) is 0 Å². The summed E-state index contributed by atoms with van der Waals surface area (Å²) in [5, 5.41) is 3.21. The van der Waals surface area contributed by atoms with Crippen molar-refractivity contribution in [3.8, 4) is 0 Å². The van der Waals surface area contributed by atoms with Gasteiger partial charge in [0.15, 0.2) is 3.95 Å². The highest BCUT2D eigenvalue weighted by Crippen LogP contribution is 2.25. The molecule has 0 aliphatic rings. The number of aryl methyl sites for hydroxylation is 2. The first-order chi connectivity index (χ1) is 14.3. The number of benzene rings is 2. The van der Waals surface area contributed by atoms with E-state index in [-0.39, 0.29) is 27.6 Å². The molecule has 9 heteroatoms. The molecular weight excluding hydrogens is 422 g/mol. The average molecular weight is 440 g/mol. The fourth-order valence-corrected chi connectivity index (χ4v) is 4.47. The van der Waals surface area contributed by atoms with Crippen molar-refractivity contribution >= 4 is 57.7 Å². The molecule has 4 aromatic rings. The largest absolute Gasteiger partial charge is 0.465 e. The molecule has 0 radical (unpaired) electrons. The van der Waals surface area contributed by atoms with Crippen molar-refractivity contribution in [2.24, 2.45) is 0 Å². The number of fused-ring (bicyclic) bond motifs is 3. The van der Waals surface area contributed by atoms with Gasteiger partial charge in [-0.05, 0) is 67.5 Å². The monoisotopic (exact) mass is 439 g/mol. The Labute approximate surface area is 179 Å². The Morgan fingerprint density at radius 1 is 1.13 bits per heavy atom. The summed E-state index contributed by atoms with van der Waals surface area (Å²) < 4.78 is 6.73. The lowest BCUT2D eigenvalue weighted by atomic mass is 10.1. The van der Waals surface area contributed by atoms with Crippen molar-refractivity contribution in [2.75, 3.05) is 12.4 Å². The van der Waals surface area contributed by atoms with Crippen LogP contribution in [-0.4, -0.2) is 28.4 Å². The minimum absolute atomic E-state index is 0.278. The molecule has 0 aliphatic heterocycles. The number of anilines is 1.